The van der Waals surface area contributed by atoms with Gasteiger partial charge in [-0.25, -0.2) is 0 Å². The summed E-state index contributed by atoms with van der Waals surface area (Å²) in [5.74, 6) is -0.475. The van der Waals surface area contributed by atoms with Crippen LogP contribution in [0.2, 0.25) is 0 Å². The van der Waals surface area contributed by atoms with Crippen LogP contribution in [0.5, 0.6) is 0 Å². The highest BCUT2D eigenvalue weighted by Gasteiger charge is 2.51. The van der Waals surface area contributed by atoms with Gasteiger partial charge in [0.2, 0.25) is 5.91 Å². The number of carbonyl (C=O) groups is 1. The van der Waals surface area contributed by atoms with E-state index >= 15 is 0 Å². The SMILES string of the molecule is C[C@@H](NC(=O)C[C@](C)(O)C(F)(F)F)c1cc2ccccc2o1. The van der Waals surface area contributed by atoms with Gasteiger partial charge in [0.15, 0.2) is 5.60 Å². The molecule has 0 aliphatic carbocycles. The second-order valence-electron chi connectivity index (χ2n) is 5.42. The Bertz CT molecular complexity index is 643. The van der Waals surface area contributed by atoms with Crippen molar-refractivity contribution in [2.24, 2.45) is 0 Å². The molecule has 0 aliphatic heterocycles. The minimum atomic E-state index is -4.87. The number of alkyl halides is 3. The number of benzene rings is 1. The number of nitrogens with one attached hydrogen (secondary N) is 1. The van der Waals surface area contributed by atoms with Crippen molar-refractivity contribution >= 4 is 16.9 Å². The first-order valence-electron chi connectivity index (χ1n) is 6.67. The zero-order valence-electron chi connectivity index (χ0n) is 12.1. The molecular formula is C15H16F3NO3. The van der Waals surface area contributed by atoms with Gasteiger partial charge in [-0.3, -0.25) is 4.79 Å². The molecule has 0 spiro atoms. The van der Waals surface area contributed by atoms with E-state index in [0.717, 1.165) is 5.39 Å². The fourth-order valence-electron chi connectivity index (χ4n) is 1.99. The van der Waals surface area contributed by atoms with Gasteiger partial charge in [-0.2, -0.15) is 13.2 Å². The smallest absolute Gasteiger partial charge is 0.417 e. The Hall–Kier alpha value is -2.02. The molecule has 22 heavy (non-hydrogen) atoms. The number of halogens is 3. The number of rotatable bonds is 4. The first kappa shape index (κ1) is 16.4. The van der Waals surface area contributed by atoms with Gasteiger partial charge in [-0.05, 0) is 26.0 Å². The zero-order valence-corrected chi connectivity index (χ0v) is 12.1. The Morgan fingerprint density at radius 3 is 2.59 bits per heavy atom. The number of furan rings is 1. The molecular weight excluding hydrogens is 299 g/mol. The molecule has 1 aromatic heterocycles. The largest absolute Gasteiger partial charge is 0.459 e. The summed E-state index contributed by atoms with van der Waals surface area (Å²) in [6, 6.07) is 8.30. The van der Waals surface area contributed by atoms with Gasteiger partial charge in [0.05, 0.1) is 12.5 Å². The van der Waals surface area contributed by atoms with Crippen LogP contribution in [0.15, 0.2) is 34.7 Å². The summed E-state index contributed by atoms with van der Waals surface area (Å²) in [5.41, 5.74) is -2.44. The monoisotopic (exact) mass is 315 g/mol. The van der Waals surface area contributed by atoms with Crippen molar-refractivity contribution in [2.75, 3.05) is 0 Å². The molecule has 2 aromatic rings. The Morgan fingerprint density at radius 2 is 2.00 bits per heavy atom. The number of carbonyl (C=O) groups excluding carboxylic acids is 1. The van der Waals surface area contributed by atoms with E-state index in [1.54, 1.807) is 25.1 Å². The summed E-state index contributed by atoms with van der Waals surface area (Å²) >= 11 is 0. The van der Waals surface area contributed by atoms with Crippen LogP contribution in [-0.2, 0) is 4.79 Å². The minimum Gasteiger partial charge on any atom is -0.459 e. The first-order chi connectivity index (χ1) is 10.1. The molecule has 2 N–H and O–H groups in total. The van der Waals surface area contributed by atoms with Crippen LogP contribution < -0.4 is 5.32 Å². The van der Waals surface area contributed by atoms with Crippen molar-refractivity contribution in [3.63, 3.8) is 0 Å². The summed E-state index contributed by atoms with van der Waals surface area (Å²) < 4.78 is 43.2. The van der Waals surface area contributed by atoms with E-state index in [2.05, 4.69) is 5.32 Å². The molecule has 0 saturated heterocycles. The lowest BCUT2D eigenvalue weighted by Gasteiger charge is -2.26. The normalized spacial score (nSPS) is 16.3. The summed E-state index contributed by atoms with van der Waals surface area (Å²) in [4.78, 5) is 11.7. The maximum atomic E-state index is 12.5. The molecule has 4 nitrogen and oxygen atoms in total. The number of hydrogen-bond donors (Lipinski definition) is 2. The van der Waals surface area contributed by atoms with Crippen molar-refractivity contribution in [3.8, 4) is 0 Å². The molecule has 1 heterocycles. The van der Waals surface area contributed by atoms with E-state index < -0.39 is 30.1 Å². The van der Waals surface area contributed by atoms with Gasteiger partial charge in [0.1, 0.15) is 11.3 Å². The predicted molar refractivity (Wildman–Crippen MR) is 74.1 cm³/mol. The quantitative estimate of drug-likeness (QED) is 0.910. The molecule has 120 valence electrons. The van der Waals surface area contributed by atoms with Crippen molar-refractivity contribution in [1.82, 2.24) is 5.32 Å². The lowest BCUT2D eigenvalue weighted by Crippen LogP contribution is -2.46. The summed E-state index contributed by atoms with van der Waals surface area (Å²) in [6.45, 7) is 2.16. The molecule has 0 aliphatic rings. The molecule has 0 unspecified atom stereocenters. The molecule has 1 amide bonds. The number of para-hydroxylation sites is 1. The zero-order chi connectivity index (χ0) is 16.5. The standard InChI is InChI=1S/C15H16F3NO3/c1-9(12-7-10-5-3-4-6-11(10)22-12)19-13(20)8-14(2,21)15(16,17)18/h3-7,9,21H,8H2,1-2H3,(H,19,20)/t9-,14+/m1/s1. The van der Waals surface area contributed by atoms with E-state index in [9.17, 15) is 23.1 Å². The van der Waals surface area contributed by atoms with E-state index in [-0.39, 0.29) is 0 Å². The van der Waals surface area contributed by atoms with Crippen LogP contribution in [0.1, 0.15) is 32.1 Å². The van der Waals surface area contributed by atoms with Crippen LogP contribution in [0.3, 0.4) is 0 Å². The Kier molecular flexibility index (Phi) is 4.19. The van der Waals surface area contributed by atoms with E-state index in [4.69, 9.17) is 4.42 Å². The molecule has 0 radical (unpaired) electrons. The molecule has 0 fully saturated rings. The second kappa shape index (κ2) is 5.64. The van der Waals surface area contributed by atoms with Gasteiger partial charge < -0.3 is 14.8 Å². The molecule has 2 atom stereocenters. The van der Waals surface area contributed by atoms with Crippen molar-refractivity contribution in [3.05, 3.63) is 36.1 Å². The van der Waals surface area contributed by atoms with Crippen molar-refractivity contribution < 1.29 is 27.5 Å². The second-order valence-corrected chi connectivity index (χ2v) is 5.42. The number of fused-ring (bicyclic) bond motifs is 1. The highest BCUT2D eigenvalue weighted by atomic mass is 19.4. The van der Waals surface area contributed by atoms with Crippen molar-refractivity contribution in [1.29, 1.82) is 0 Å². The Labute approximate surface area is 124 Å². The van der Waals surface area contributed by atoms with E-state index in [0.29, 0.717) is 18.3 Å². The third-order valence-corrected chi connectivity index (χ3v) is 3.36. The summed E-state index contributed by atoms with van der Waals surface area (Å²) in [6.07, 6.45) is -5.94. The third kappa shape index (κ3) is 3.41. The van der Waals surface area contributed by atoms with Crippen LogP contribution in [0.4, 0.5) is 13.2 Å². The van der Waals surface area contributed by atoms with Crippen LogP contribution in [-0.4, -0.2) is 22.8 Å². The van der Waals surface area contributed by atoms with E-state index in [1.807, 2.05) is 12.1 Å². The number of amides is 1. The average Bonchev–Trinajstić information content (AvgIpc) is 2.80. The average molecular weight is 315 g/mol. The molecule has 7 heteroatoms. The number of aliphatic hydroxyl groups is 1. The third-order valence-electron chi connectivity index (χ3n) is 3.36. The Morgan fingerprint density at radius 1 is 1.36 bits per heavy atom. The highest BCUT2D eigenvalue weighted by molar-refractivity contribution is 5.79. The Balaban J connectivity index is 2.05. The van der Waals surface area contributed by atoms with Gasteiger partial charge in [0, 0.05) is 5.39 Å². The lowest BCUT2D eigenvalue weighted by molar-refractivity contribution is -0.253. The first-order valence-corrected chi connectivity index (χ1v) is 6.67. The molecule has 2 rings (SSSR count). The van der Waals surface area contributed by atoms with Gasteiger partial charge in [-0.1, -0.05) is 18.2 Å². The molecule has 1 aromatic carbocycles. The van der Waals surface area contributed by atoms with Crippen molar-refractivity contribution in [2.45, 2.75) is 38.1 Å². The number of hydrogen-bond acceptors (Lipinski definition) is 3. The fraction of sp³-hybridized carbons (Fsp3) is 0.400. The van der Waals surface area contributed by atoms with Gasteiger partial charge in [-0.15, -0.1) is 0 Å². The summed E-state index contributed by atoms with van der Waals surface area (Å²) in [5, 5.41) is 12.5. The maximum Gasteiger partial charge on any atom is 0.417 e. The lowest BCUT2D eigenvalue weighted by atomic mass is 10.0. The van der Waals surface area contributed by atoms with Crippen LogP contribution >= 0.6 is 0 Å². The topological polar surface area (TPSA) is 62.5 Å². The maximum absolute atomic E-state index is 12.5. The predicted octanol–water partition coefficient (Wildman–Crippen LogP) is 3.31. The van der Waals surface area contributed by atoms with Gasteiger partial charge >= 0.3 is 6.18 Å². The van der Waals surface area contributed by atoms with Crippen LogP contribution in [0, 0.1) is 0 Å². The van der Waals surface area contributed by atoms with Gasteiger partial charge in [0.25, 0.3) is 0 Å². The van der Waals surface area contributed by atoms with Crippen LogP contribution in [0.25, 0.3) is 11.0 Å². The highest BCUT2D eigenvalue weighted by Crippen LogP contribution is 2.32. The summed E-state index contributed by atoms with van der Waals surface area (Å²) in [7, 11) is 0. The van der Waals surface area contributed by atoms with E-state index in [1.165, 1.54) is 0 Å². The fourth-order valence-corrected chi connectivity index (χ4v) is 1.99. The molecule has 0 bridgehead atoms. The minimum absolute atomic E-state index is 0.432. The molecule has 0 saturated carbocycles.